The lowest BCUT2D eigenvalue weighted by Gasteiger charge is -2.27. The molecule has 2 N–H and O–H groups in total. The summed E-state index contributed by atoms with van der Waals surface area (Å²) in [6.07, 6.45) is 2.93. The molecule has 1 aromatic carbocycles. The Labute approximate surface area is 118 Å². The first-order chi connectivity index (χ1) is 9.56. The van der Waals surface area contributed by atoms with Gasteiger partial charge >= 0.3 is 0 Å². The predicted molar refractivity (Wildman–Crippen MR) is 76.6 cm³/mol. The van der Waals surface area contributed by atoms with Crippen LogP contribution in [0.25, 0.3) is 0 Å². The van der Waals surface area contributed by atoms with Crippen LogP contribution in [0.5, 0.6) is 0 Å². The maximum atomic E-state index is 12.7. The molecule has 20 heavy (non-hydrogen) atoms. The van der Waals surface area contributed by atoms with E-state index in [2.05, 4.69) is 0 Å². The molecule has 1 aliphatic carbocycles. The van der Waals surface area contributed by atoms with Gasteiger partial charge in [-0.3, -0.25) is 14.5 Å². The van der Waals surface area contributed by atoms with Crippen LogP contribution in [0, 0.1) is 19.8 Å². The number of nitrogens with two attached hydrogens (primary N) is 1. The van der Waals surface area contributed by atoms with Gasteiger partial charge in [0.2, 0.25) is 0 Å². The average Bonchev–Trinajstić information content (AvgIpc) is 2.97. The van der Waals surface area contributed by atoms with Crippen molar-refractivity contribution in [2.75, 3.05) is 6.54 Å². The maximum absolute atomic E-state index is 12.7. The lowest BCUT2D eigenvalue weighted by atomic mass is 9.99. The smallest absolute Gasteiger partial charge is 0.262 e. The molecule has 0 spiro atoms. The van der Waals surface area contributed by atoms with E-state index in [-0.39, 0.29) is 23.8 Å². The van der Waals surface area contributed by atoms with Crippen LogP contribution in [-0.4, -0.2) is 29.3 Å². The topological polar surface area (TPSA) is 63.4 Å². The molecule has 1 fully saturated rings. The highest BCUT2D eigenvalue weighted by Crippen LogP contribution is 2.36. The van der Waals surface area contributed by atoms with E-state index in [1.54, 1.807) is 0 Å². The van der Waals surface area contributed by atoms with Crippen LogP contribution in [0.15, 0.2) is 12.1 Å². The minimum Gasteiger partial charge on any atom is -0.330 e. The molecule has 1 aliphatic heterocycles. The van der Waals surface area contributed by atoms with Gasteiger partial charge in [0.25, 0.3) is 11.8 Å². The van der Waals surface area contributed by atoms with E-state index in [0.717, 1.165) is 30.4 Å². The second-order valence-electron chi connectivity index (χ2n) is 5.92. The number of imide groups is 1. The number of rotatable bonds is 2. The highest BCUT2D eigenvalue weighted by molar-refractivity contribution is 6.22. The fourth-order valence-corrected chi connectivity index (χ4v) is 3.63. The summed E-state index contributed by atoms with van der Waals surface area (Å²) in [6, 6.07) is 3.81. The number of hydrogen-bond acceptors (Lipinski definition) is 3. The number of aryl methyl sites for hydroxylation is 2. The molecule has 0 aromatic heterocycles. The SMILES string of the molecule is Cc1ccc(C)c2c1C(=O)N(C1CCCC1CN)C2=O. The number of carbonyl (C=O) groups is 2. The summed E-state index contributed by atoms with van der Waals surface area (Å²) in [5.41, 5.74) is 8.75. The lowest BCUT2D eigenvalue weighted by Crippen LogP contribution is -2.43. The van der Waals surface area contributed by atoms with Crippen LogP contribution < -0.4 is 5.73 Å². The lowest BCUT2D eigenvalue weighted by molar-refractivity contribution is 0.0551. The molecule has 0 bridgehead atoms. The number of fused-ring (bicyclic) bond motifs is 1. The monoisotopic (exact) mass is 272 g/mol. The van der Waals surface area contributed by atoms with Gasteiger partial charge in [0.15, 0.2) is 0 Å². The first-order valence-corrected chi connectivity index (χ1v) is 7.24. The van der Waals surface area contributed by atoms with E-state index in [0.29, 0.717) is 17.7 Å². The number of carbonyl (C=O) groups excluding carboxylic acids is 2. The van der Waals surface area contributed by atoms with Crippen molar-refractivity contribution in [2.24, 2.45) is 11.7 Å². The predicted octanol–water partition coefficient (Wildman–Crippen LogP) is 2.03. The van der Waals surface area contributed by atoms with Crippen LogP contribution in [0.2, 0.25) is 0 Å². The van der Waals surface area contributed by atoms with E-state index < -0.39 is 0 Å². The first-order valence-electron chi connectivity index (χ1n) is 7.24. The van der Waals surface area contributed by atoms with Crippen molar-refractivity contribution in [3.05, 3.63) is 34.4 Å². The summed E-state index contributed by atoms with van der Waals surface area (Å²) in [5.74, 6) is -0.00840. The molecule has 106 valence electrons. The second kappa shape index (κ2) is 4.70. The van der Waals surface area contributed by atoms with Gasteiger partial charge in [0.1, 0.15) is 0 Å². The van der Waals surface area contributed by atoms with Crippen molar-refractivity contribution in [2.45, 2.75) is 39.2 Å². The highest BCUT2D eigenvalue weighted by Gasteiger charge is 2.45. The minimum absolute atomic E-state index is 0.0220. The minimum atomic E-state index is -0.128. The zero-order valence-corrected chi connectivity index (χ0v) is 12.0. The van der Waals surface area contributed by atoms with Crippen molar-refractivity contribution in [3.8, 4) is 0 Å². The molecule has 0 radical (unpaired) electrons. The van der Waals surface area contributed by atoms with Gasteiger partial charge in [-0.05, 0) is 50.3 Å². The number of benzene rings is 1. The molecule has 3 rings (SSSR count). The van der Waals surface area contributed by atoms with Gasteiger partial charge in [0.05, 0.1) is 11.1 Å². The summed E-state index contributed by atoms with van der Waals surface area (Å²) in [4.78, 5) is 26.9. The molecular formula is C16H20N2O2. The summed E-state index contributed by atoms with van der Waals surface area (Å²) in [6.45, 7) is 4.32. The standard InChI is InChI=1S/C16H20N2O2/c1-9-6-7-10(2)14-13(9)15(19)18(16(14)20)12-5-3-4-11(12)8-17/h6-7,11-12H,3-5,8,17H2,1-2H3. The first kappa shape index (κ1) is 13.3. The molecule has 0 saturated heterocycles. The Bertz CT molecular complexity index is 553. The van der Waals surface area contributed by atoms with Crippen LogP contribution in [-0.2, 0) is 0 Å². The Morgan fingerprint density at radius 3 is 2.15 bits per heavy atom. The highest BCUT2D eigenvalue weighted by atomic mass is 16.2. The van der Waals surface area contributed by atoms with E-state index in [1.807, 2.05) is 26.0 Å². The number of nitrogens with zero attached hydrogens (tertiary/aromatic N) is 1. The Hall–Kier alpha value is -1.68. The van der Waals surface area contributed by atoms with Gasteiger partial charge in [-0.1, -0.05) is 18.6 Å². The molecule has 2 atom stereocenters. The van der Waals surface area contributed by atoms with Gasteiger partial charge in [-0.2, -0.15) is 0 Å². The normalized spacial score (nSPS) is 25.4. The second-order valence-corrected chi connectivity index (χ2v) is 5.92. The largest absolute Gasteiger partial charge is 0.330 e. The van der Waals surface area contributed by atoms with Crippen molar-refractivity contribution in [1.29, 1.82) is 0 Å². The molecule has 1 aromatic rings. The van der Waals surface area contributed by atoms with E-state index in [1.165, 1.54) is 4.90 Å². The van der Waals surface area contributed by atoms with Crippen molar-refractivity contribution < 1.29 is 9.59 Å². The molecule has 2 amide bonds. The summed E-state index contributed by atoms with van der Waals surface area (Å²) in [7, 11) is 0. The van der Waals surface area contributed by atoms with Crippen molar-refractivity contribution >= 4 is 11.8 Å². The van der Waals surface area contributed by atoms with Crippen LogP contribution in [0.4, 0.5) is 0 Å². The third-order valence-corrected chi connectivity index (χ3v) is 4.74. The van der Waals surface area contributed by atoms with Crippen molar-refractivity contribution in [3.63, 3.8) is 0 Å². The third-order valence-electron chi connectivity index (χ3n) is 4.74. The molecule has 1 heterocycles. The Kier molecular flexibility index (Phi) is 3.13. The fourth-order valence-electron chi connectivity index (χ4n) is 3.63. The Balaban J connectivity index is 2.06. The number of amides is 2. The van der Waals surface area contributed by atoms with Crippen molar-refractivity contribution in [1.82, 2.24) is 4.90 Å². The molecule has 2 unspecified atom stereocenters. The maximum Gasteiger partial charge on any atom is 0.262 e. The van der Waals surface area contributed by atoms with Gasteiger partial charge in [0, 0.05) is 6.04 Å². The fraction of sp³-hybridized carbons (Fsp3) is 0.500. The quantitative estimate of drug-likeness (QED) is 0.838. The van der Waals surface area contributed by atoms with Gasteiger partial charge in [-0.15, -0.1) is 0 Å². The van der Waals surface area contributed by atoms with E-state index in [4.69, 9.17) is 5.73 Å². The van der Waals surface area contributed by atoms with Crippen LogP contribution in [0.3, 0.4) is 0 Å². The van der Waals surface area contributed by atoms with Gasteiger partial charge in [-0.25, -0.2) is 0 Å². The molecular weight excluding hydrogens is 252 g/mol. The molecule has 1 saturated carbocycles. The third kappa shape index (κ3) is 1.71. The summed E-state index contributed by atoms with van der Waals surface area (Å²) < 4.78 is 0. The Morgan fingerprint density at radius 1 is 1.10 bits per heavy atom. The average molecular weight is 272 g/mol. The zero-order chi connectivity index (χ0) is 14.4. The molecule has 2 aliphatic rings. The van der Waals surface area contributed by atoms with E-state index in [9.17, 15) is 9.59 Å². The molecule has 4 nitrogen and oxygen atoms in total. The van der Waals surface area contributed by atoms with Crippen LogP contribution >= 0.6 is 0 Å². The molecule has 4 heteroatoms. The van der Waals surface area contributed by atoms with Crippen LogP contribution in [0.1, 0.15) is 51.1 Å². The van der Waals surface area contributed by atoms with Gasteiger partial charge < -0.3 is 5.73 Å². The Morgan fingerprint density at radius 2 is 1.65 bits per heavy atom. The summed E-state index contributed by atoms with van der Waals surface area (Å²) >= 11 is 0. The number of hydrogen-bond donors (Lipinski definition) is 1. The summed E-state index contributed by atoms with van der Waals surface area (Å²) in [5, 5.41) is 0. The van der Waals surface area contributed by atoms with E-state index >= 15 is 0 Å². The zero-order valence-electron chi connectivity index (χ0n) is 12.0.